The number of carbonyl (C=O) groups excluding carboxylic acids is 1. The second-order valence-electron chi connectivity index (χ2n) is 8.46. The predicted octanol–water partition coefficient (Wildman–Crippen LogP) is 5.28. The van der Waals surface area contributed by atoms with Crippen LogP contribution in [0.5, 0.6) is 17.2 Å². The molecule has 7 nitrogen and oxygen atoms in total. The Hall–Kier alpha value is -4.00. The number of rotatable bonds is 13. The fourth-order valence-corrected chi connectivity index (χ4v) is 4.19. The third-order valence-corrected chi connectivity index (χ3v) is 6.03. The maximum atomic E-state index is 12.6. The quantitative estimate of drug-likeness (QED) is 0.260. The van der Waals surface area contributed by atoms with Crippen molar-refractivity contribution in [3.63, 3.8) is 0 Å². The number of aromatic nitrogens is 2. The number of imidazole rings is 1. The Morgan fingerprint density at radius 1 is 0.889 bits per heavy atom. The average molecular weight is 488 g/mol. The third kappa shape index (κ3) is 6.36. The van der Waals surface area contributed by atoms with Crippen molar-refractivity contribution in [1.29, 1.82) is 0 Å². The molecule has 4 rings (SSSR count). The largest absolute Gasteiger partial charge is 0.497 e. The van der Waals surface area contributed by atoms with Gasteiger partial charge < -0.3 is 24.1 Å². The number of hydrogen-bond acceptors (Lipinski definition) is 5. The molecular weight excluding hydrogens is 454 g/mol. The first-order valence-corrected chi connectivity index (χ1v) is 12.3. The number of nitrogens with zero attached hydrogens (tertiary/aromatic N) is 2. The van der Waals surface area contributed by atoms with Crippen LogP contribution in [0.3, 0.4) is 0 Å². The van der Waals surface area contributed by atoms with Gasteiger partial charge in [0.15, 0.2) is 0 Å². The molecule has 0 bridgehead atoms. The van der Waals surface area contributed by atoms with Crippen LogP contribution in [-0.4, -0.2) is 42.8 Å². The van der Waals surface area contributed by atoms with E-state index in [1.165, 1.54) is 0 Å². The van der Waals surface area contributed by atoms with E-state index >= 15 is 0 Å². The van der Waals surface area contributed by atoms with Crippen LogP contribution in [0.15, 0.2) is 72.8 Å². The van der Waals surface area contributed by atoms with Crippen LogP contribution in [0.1, 0.15) is 35.4 Å². The Kier molecular flexibility index (Phi) is 8.81. The fraction of sp³-hybridized carbons (Fsp3) is 0.310. The van der Waals surface area contributed by atoms with Gasteiger partial charge >= 0.3 is 0 Å². The van der Waals surface area contributed by atoms with Gasteiger partial charge in [0.1, 0.15) is 23.1 Å². The zero-order chi connectivity index (χ0) is 25.2. The molecule has 1 N–H and O–H groups in total. The molecule has 1 aromatic heterocycles. The molecule has 0 aliphatic heterocycles. The van der Waals surface area contributed by atoms with E-state index in [-0.39, 0.29) is 5.91 Å². The van der Waals surface area contributed by atoms with Crippen molar-refractivity contribution in [3.05, 3.63) is 84.2 Å². The van der Waals surface area contributed by atoms with Crippen molar-refractivity contribution in [2.24, 2.45) is 0 Å². The van der Waals surface area contributed by atoms with Crippen LogP contribution >= 0.6 is 0 Å². The second kappa shape index (κ2) is 12.6. The number of para-hydroxylation sites is 3. The highest BCUT2D eigenvalue weighted by atomic mass is 16.5. The van der Waals surface area contributed by atoms with E-state index in [0.717, 1.165) is 60.6 Å². The molecule has 0 radical (unpaired) electrons. The molecule has 0 saturated carbocycles. The highest BCUT2D eigenvalue weighted by Crippen LogP contribution is 2.21. The SMILES string of the molecule is COc1cccc(OCCCCn2c(CCCNC(=O)c3ccccc3OC)nc3ccccc32)c1. The van der Waals surface area contributed by atoms with Gasteiger partial charge in [-0.15, -0.1) is 0 Å². The lowest BCUT2D eigenvalue weighted by atomic mass is 10.2. The van der Waals surface area contributed by atoms with Crippen LogP contribution in [0, 0.1) is 0 Å². The van der Waals surface area contributed by atoms with Crippen LogP contribution < -0.4 is 19.5 Å². The number of unbranched alkanes of at least 4 members (excludes halogenated alkanes) is 1. The van der Waals surface area contributed by atoms with Crippen molar-refractivity contribution in [3.8, 4) is 17.2 Å². The summed E-state index contributed by atoms with van der Waals surface area (Å²) in [4.78, 5) is 17.4. The van der Waals surface area contributed by atoms with E-state index in [1.54, 1.807) is 26.4 Å². The van der Waals surface area contributed by atoms with Crippen LogP contribution in [0.25, 0.3) is 11.0 Å². The van der Waals surface area contributed by atoms with Gasteiger partial charge in [-0.3, -0.25) is 4.79 Å². The number of nitrogens with one attached hydrogen (secondary N) is 1. The van der Waals surface area contributed by atoms with Gasteiger partial charge in [-0.1, -0.05) is 30.3 Å². The van der Waals surface area contributed by atoms with Crippen LogP contribution in [0.4, 0.5) is 0 Å². The minimum atomic E-state index is -0.128. The number of benzene rings is 3. The molecule has 0 aliphatic rings. The molecule has 7 heteroatoms. The maximum Gasteiger partial charge on any atom is 0.255 e. The van der Waals surface area contributed by atoms with E-state index in [9.17, 15) is 4.79 Å². The summed E-state index contributed by atoms with van der Waals surface area (Å²) < 4.78 is 18.7. The summed E-state index contributed by atoms with van der Waals surface area (Å²) in [5.41, 5.74) is 2.68. The van der Waals surface area contributed by atoms with Crippen molar-refractivity contribution < 1.29 is 19.0 Å². The molecule has 0 saturated heterocycles. The fourth-order valence-electron chi connectivity index (χ4n) is 4.19. The second-order valence-corrected chi connectivity index (χ2v) is 8.46. The summed E-state index contributed by atoms with van der Waals surface area (Å²) in [5.74, 6) is 3.10. The molecule has 4 aromatic rings. The van der Waals surface area contributed by atoms with Gasteiger partial charge in [0, 0.05) is 25.6 Å². The van der Waals surface area contributed by atoms with Gasteiger partial charge in [0.2, 0.25) is 0 Å². The molecule has 0 fully saturated rings. The van der Waals surface area contributed by atoms with Crippen LogP contribution in [-0.2, 0) is 13.0 Å². The Morgan fingerprint density at radius 2 is 1.69 bits per heavy atom. The molecular formula is C29H33N3O4. The third-order valence-electron chi connectivity index (χ3n) is 6.03. The minimum absolute atomic E-state index is 0.128. The Labute approximate surface area is 212 Å². The maximum absolute atomic E-state index is 12.6. The van der Waals surface area contributed by atoms with Gasteiger partial charge in [-0.2, -0.15) is 0 Å². The number of methoxy groups -OCH3 is 2. The smallest absolute Gasteiger partial charge is 0.255 e. The topological polar surface area (TPSA) is 74.6 Å². The lowest BCUT2D eigenvalue weighted by Crippen LogP contribution is -2.25. The number of carbonyl (C=O) groups is 1. The molecule has 3 aromatic carbocycles. The number of fused-ring (bicyclic) bond motifs is 1. The average Bonchev–Trinajstić information content (AvgIpc) is 3.28. The van der Waals surface area contributed by atoms with Gasteiger partial charge in [0.05, 0.1) is 37.4 Å². The van der Waals surface area contributed by atoms with E-state index < -0.39 is 0 Å². The minimum Gasteiger partial charge on any atom is -0.497 e. The lowest BCUT2D eigenvalue weighted by molar-refractivity contribution is 0.0950. The molecule has 0 spiro atoms. The van der Waals surface area contributed by atoms with E-state index in [2.05, 4.69) is 16.0 Å². The molecule has 1 heterocycles. The number of ether oxygens (including phenoxy) is 3. The first-order chi connectivity index (χ1) is 17.7. The highest BCUT2D eigenvalue weighted by Gasteiger charge is 2.13. The van der Waals surface area contributed by atoms with E-state index in [0.29, 0.717) is 24.5 Å². The zero-order valence-corrected chi connectivity index (χ0v) is 20.9. The Bertz CT molecular complexity index is 1280. The molecule has 1 amide bonds. The molecule has 0 aliphatic carbocycles. The van der Waals surface area contributed by atoms with Gasteiger partial charge in [-0.05, 0) is 55.7 Å². The van der Waals surface area contributed by atoms with Gasteiger partial charge in [-0.25, -0.2) is 4.98 Å². The molecule has 36 heavy (non-hydrogen) atoms. The summed E-state index contributed by atoms with van der Waals surface area (Å²) in [7, 11) is 3.22. The number of amides is 1. The predicted molar refractivity (Wildman–Crippen MR) is 141 cm³/mol. The van der Waals surface area contributed by atoms with Crippen molar-refractivity contribution in [2.45, 2.75) is 32.2 Å². The van der Waals surface area contributed by atoms with Crippen molar-refractivity contribution >= 4 is 16.9 Å². The summed E-state index contributed by atoms with van der Waals surface area (Å²) in [6.07, 6.45) is 3.48. The van der Waals surface area contributed by atoms with Crippen LogP contribution in [0.2, 0.25) is 0 Å². The standard InChI is InChI=1S/C29H33N3O4/c1-34-22-11-9-12-23(21-22)36-20-8-7-19-32-26-15-5-4-14-25(26)31-28(32)17-10-18-30-29(33)24-13-3-6-16-27(24)35-2/h3-6,9,11-16,21H,7-8,10,17-20H2,1-2H3,(H,30,33). The summed E-state index contributed by atoms with van der Waals surface area (Å²) in [6, 6.07) is 23.1. The monoisotopic (exact) mass is 487 g/mol. The van der Waals surface area contributed by atoms with Crippen molar-refractivity contribution in [1.82, 2.24) is 14.9 Å². The highest BCUT2D eigenvalue weighted by molar-refractivity contribution is 5.96. The normalized spacial score (nSPS) is 10.8. The van der Waals surface area contributed by atoms with Crippen molar-refractivity contribution in [2.75, 3.05) is 27.4 Å². The van der Waals surface area contributed by atoms with Gasteiger partial charge in [0.25, 0.3) is 5.91 Å². The summed E-state index contributed by atoms with van der Waals surface area (Å²) in [6.45, 7) is 2.07. The Balaban J connectivity index is 1.29. The summed E-state index contributed by atoms with van der Waals surface area (Å²) >= 11 is 0. The van der Waals surface area contributed by atoms with E-state index in [4.69, 9.17) is 19.2 Å². The Morgan fingerprint density at radius 3 is 2.56 bits per heavy atom. The first kappa shape index (κ1) is 25.1. The number of aryl methyl sites for hydroxylation is 2. The first-order valence-electron chi connectivity index (χ1n) is 12.3. The molecule has 188 valence electrons. The molecule has 0 unspecified atom stereocenters. The molecule has 0 atom stereocenters. The number of hydrogen-bond donors (Lipinski definition) is 1. The van der Waals surface area contributed by atoms with E-state index in [1.807, 2.05) is 54.6 Å². The lowest BCUT2D eigenvalue weighted by Gasteiger charge is -2.11. The summed E-state index contributed by atoms with van der Waals surface area (Å²) in [5, 5.41) is 3.00. The zero-order valence-electron chi connectivity index (χ0n) is 20.9.